The van der Waals surface area contributed by atoms with Gasteiger partial charge in [-0.05, 0) is 25.5 Å². The number of carbonyl (C=O) groups excluding carboxylic acids is 2. The van der Waals surface area contributed by atoms with E-state index in [1.165, 1.54) is 0 Å². The average molecular weight is 390 g/mol. The Balaban J connectivity index is 2.06. The quantitative estimate of drug-likeness (QED) is 0.464. The molecule has 2 atom stereocenters. The normalized spacial score (nSPS) is 13.1. The molecule has 2 rings (SSSR count). The Morgan fingerprint density at radius 2 is 2.07 bits per heavy atom. The average Bonchev–Trinajstić information content (AvgIpc) is 2.65. The summed E-state index contributed by atoms with van der Waals surface area (Å²) in [7, 11) is 1.58. The molecule has 1 aromatic carbocycles. The first kappa shape index (κ1) is 21.5. The Morgan fingerprint density at radius 1 is 1.32 bits per heavy atom. The second kappa shape index (κ2) is 10.5. The third kappa shape index (κ3) is 6.43. The van der Waals surface area contributed by atoms with Crippen LogP contribution in [0.1, 0.15) is 26.1 Å². The molecule has 3 amide bonds. The molecule has 2 aromatic rings. The van der Waals surface area contributed by atoms with Gasteiger partial charge in [-0.25, -0.2) is 9.78 Å². The SMILES string of the molecule is CC[C@@H](C)NC(=O)NC(=O)C[NH+](CCOC)Cc1nc2ccccc2c(=O)[nH]1. The molecule has 0 radical (unpaired) electrons. The Hall–Kier alpha value is -2.78. The number of aromatic amines is 1. The second-order valence-electron chi connectivity index (χ2n) is 6.71. The van der Waals surface area contributed by atoms with E-state index in [1.54, 1.807) is 25.3 Å². The van der Waals surface area contributed by atoms with Gasteiger partial charge in [0.25, 0.3) is 11.5 Å². The van der Waals surface area contributed by atoms with Crippen molar-refractivity contribution in [2.24, 2.45) is 0 Å². The number of ether oxygens (including phenoxy) is 1. The van der Waals surface area contributed by atoms with Crippen molar-refractivity contribution < 1.29 is 19.2 Å². The number of amides is 3. The monoisotopic (exact) mass is 390 g/mol. The van der Waals surface area contributed by atoms with Gasteiger partial charge in [-0.1, -0.05) is 19.1 Å². The highest BCUT2D eigenvalue weighted by Crippen LogP contribution is 2.04. The Morgan fingerprint density at radius 3 is 2.79 bits per heavy atom. The number of quaternary nitrogens is 1. The standard InChI is InChI=1S/C19H27N5O4/c1-4-13(2)20-19(27)23-17(25)12-24(9-10-28-3)11-16-21-15-8-6-5-7-14(15)18(26)22-16/h5-8,13H,4,9-12H2,1-3H3,(H,21,22,26)(H2,20,23,25,27)/p+1/t13-/m1/s1. The van der Waals surface area contributed by atoms with Gasteiger partial charge in [-0.15, -0.1) is 0 Å². The van der Waals surface area contributed by atoms with Crippen LogP contribution in [0.2, 0.25) is 0 Å². The van der Waals surface area contributed by atoms with E-state index >= 15 is 0 Å². The predicted octanol–water partition coefficient (Wildman–Crippen LogP) is -0.421. The fourth-order valence-electron chi connectivity index (χ4n) is 2.70. The van der Waals surface area contributed by atoms with Crippen LogP contribution in [-0.2, 0) is 16.1 Å². The van der Waals surface area contributed by atoms with Crippen molar-refractivity contribution in [3.05, 3.63) is 40.4 Å². The number of aromatic nitrogens is 2. The second-order valence-corrected chi connectivity index (χ2v) is 6.71. The number of methoxy groups -OCH3 is 1. The maximum atomic E-state index is 12.2. The van der Waals surface area contributed by atoms with Gasteiger partial charge in [-0.3, -0.25) is 14.9 Å². The lowest BCUT2D eigenvalue weighted by atomic mass is 10.2. The van der Waals surface area contributed by atoms with Crippen LogP contribution >= 0.6 is 0 Å². The summed E-state index contributed by atoms with van der Waals surface area (Å²) in [6, 6.07) is 6.55. The molecule has 152 valence electrons. The zero-order valence-electron chi connectivity index (χ0n) is 16.5. The number of fused-ring (bicyclic) bond motifs is 1. The van der Waals surface area contributed by atoms with Crippen LogP contribution in [0.15, 0.2) is 29.1 Å². The van der Waals surface area contributed by atoms with Gasteiger partial charge < -0.3 is 19.9 Å². The number of para-hydroxylation sites is 1. The van der Waals surface area contributed by atoms with Crippen molar-refractivity contribution in [3.8, 4) is 0 Å². The van der Waals surface area contributed by atoms with Gasteiger partial charge >= 0.3 is 6.03 Å². The van der Waals surface area contributed by atoms with Gasteiger partial charge in [0.1, 0.15) is 13.1 Å². The number of hydrogen-bond acceptors (Lipinski definition) is 5. The summed E-state index contributed by atoms with van der Waals surface area (Å²) in [5.41, 5.74) is 0.383. The number of H-pyrrole nitrogens is 1. The third-order valence-electron chi connectivity index (χ3n) is 4.39. The molecule has 4 N–H and O–H groups in total. The molecule has 0 fully saturated rings. The summed E-state index contributed by atoms with van der Waals surface area (Å²) in [4.78, 5) is 44.4. The van der Waals surface area contributed by atoms with Crippen LogP contribution in [0.5, 0.6) is 0 Å². The van der Waals surface area contributed by atoms with E-state index in [0.29, 0.717) is 36.4 Å². The highest BCUT2D eigenvalue weighted by Gasteiger charge is 2.19. The van der Waals surface area contributed by atoms with Crippen LogP contribution < -0.4 is 21.1 Å². The zero-order valence-corrected chi connectivity index (χ0v) is 16.5. The van der Waals surface area contributed by atoms with Crippen molar-refractivity contribution in [3.63, 3.8) is 0 Å². The molecule has 1 aromatic heterocycles. The number of imide groups is 1. The van der Waals surface area contributed by atoms with E-state index in [1.807, 2.05) is 19.9 Å². The fraction of sp³-hybridized carbons (Fsp3) is 0.474. The molecule has 0 aliphatic rings. The van der Waals surface area contributed by atoms with Crippen LogP contribution in [0.3, 0.4) is 0 Å². The molecule has 0 spiro atoms. The molecule has 0 aliphatic heterocycles. The van der Waals surface area contributed by atoms with Crippen molar-refractivity contribution in [2.45, 2.75) is 32.9 Å². The van der Waals surface area contributed by atoms with Gasteiger partial charge in [0.05, 0.1) is 17.5 Å². The minimum Gasteiger partial charge on any atom is -0.379 e. The van der Waals surface area contributed by atoms with Crippen LogP contribution in [0.4, 0.5) is 4.79 Å². The van der Waals surface area contributed by atoms with Crippen LogP contribution in [-0.4, -0.2) is 54.8 Å². The Kier molecular flexibility index (Phi) is 8.09. The van der Waals surface area contributed by atoms with E-state index in [0.717, 1.165) is 11.3 Å². The zero-order chi connectivity index (χ0) is 20.5. The molecular weight excluding hydrogens is 362 g/mol. The largest absolute Gasteiger partial charge is 0.379 e. The molecule has 9 heteroatoms. The molecule has 28 heavy (non-hydrogen) atoms. The van der Waals surface area contributed by atoms with Crippen molar-refractivity contribution in [1.29, 1.82) is 0 Å². The first-order chi connectivity index (χ1) is 13.4. The summed E-state index contributed by atoms with van der Waals surface area (Å²) in [6.45, 7) is 5.13. The van der Waals surface area contributed by atoms with Crippen molar-refractivity contribution in [1.82, 2.24) is 20.6 Å². The summed E-state index contributed by atoms with van der Waals surface area (Å²) in [5.74, 6) is 0.0710. The van der Waals surface area contributed by atoms with Crippen molar-refractivity contribution >= 4 is 22.8 Å². The fourth-order valence-corrected chi connectivity index (χ4v) is 2.70. The lowest BCUT2D eigenvalue weighted by Gasteiger charge is -2.18. The number of benzene rings is 1. The molecule has 0 aliphatic carbocycles. The van der Waals surface area contributed by atoms with Gasteiger partial charge in [0, 0.05) is 13.2 Å². The summed E-state index contributed by atoms with van der Waals surface area (Å²) in [5, 5.41) is 5.54. The number of nitrogens with one attached hydrogen (secondary N) is 4. The topological polar surface area (TPSA) is 118 Å². The van der Waals surface area contributed by atoms with Crippen molar-refractivity contribution in [2.75, 3.05) is 26.8 Å². The minimum absolute atomic E-state index is 0.0170. The van der Waals surface area contributed by atoms with E-state index in [-0.39, 0.29) is 18.1 Å². The molecule has 0 saturated heterocycles. The van der Waals surface area contributed by atoms with E-state index in [4.69, 9.17) is 4.74 Å². The number of rotatable bonds is 9. The highest BCUT2D eigenvalue weighted by molar-refractivity contribution is 5.94. The first-order valence-corrected chi connectivity index (χ1v) is 9.33. The molecule has 9 nitrogen and oxygen atoms in total. The number of hydrogen-bond donors (Lipinski definition) is 4. The molecule has 0 bridgehead atoms. The number of nitrogens with zero attached hydrogens (tertiary/aromatic N) is 1. The predicted molar refractivity (Wildman–Crippen MR) is 105 cm³/mol. The number of carbonyl (C=O) groups is 2. The summed E-state index contributed by atoms with van der Waals surface area (Å²) in [6.07, 6.45) is 0.772. The summed E-state index contributed by atoms with van der Waals surface area (Å²) >= 11 is 0. The molecular formula is C19H28N5O4+. The lowest BCUT2D eigenvalue weighted by Crippen LogP contribution is -3.12. The maximum absolute atomic E-state index is 12.2. The van der Waals surface area contributed by atoms with Gasteiger partial charge in [-0.2, -0.15) is 0 Å². The minimum atomic E-state index is -0.511. The maximum Gasteiger partial charge on any atom is 0.321 e. The van der Waals surface area contributed by atoms with Gasteiger partial charge in [0.15, 0.2) is 12.4 Å². The summed E-state index contributed by atoms with van der Waals surface area (Å²) < 4.78 is 5.11. The molecule has 1 unspecified atom stereocenters. The van der Waals surface area contributed by atoms with Crippen LogP contribution in [0, 0.1) is 0 Å². The van der Waals surface area contributed by atoms with Crippen LogP contribution in [0.25, 0.3) is 10.9 Å². The smallest absolute Gasteiger partial charge is 0.321 e. The van der Waals surface area contributed by atoms with E-state index in [2.05, 4.69) is 20.6 Å². The number of urea groups is 1. The molecule has 0 saturated carbocycles. The first-order valence-electron chi connectivity index (χ1n) is 9.33. The third-order valence-corrected chi connectivity index (χ3v) is 4.39. The molecule has 1 heterocycles. The Bertz CT molecular complexity index is 867. The highest BCUT2D eigenvalue weighted by atomic mass is 16.5. The van der Waals surface area contributed by atoms with Gasteiger partial charge in [0.2, 0.25) is 0 Å². The van der Waals surface area contributed by atoms with E-state index < -0.39 is 11.9 Å². The van der Waals surface area contributed by atoms with E-state index in [9.17, 15) is 14.4 Å². The Labute approximate surface area is 163 Å². The lowest BCUT2D eigenvalue weighted by molar-refractivity contribution is -0.906.